The Morgan fingerprint density at radius 3 is 2.79 bits per heavy atom. The molecule has 1 fully saturated rings. The summed E-state index contributed by atoms with van der Waals surface area (Å²) in [5.74, 6) is -0.140. The molecule has 1 heterocycles. The van der Waals surface area contributed by atoms with E-state index in [0.717, 1.165) is 10.9 Å². The predicted octanol–water partition coefficient (Wildman–Crippen LogP) is 4.24. The van der Waals surface area contributed by atoms with E-state index in [2.05, 4.69) is 10.3 Å². The highest BCUT2D eigenvalue weighted by Gasteiger charge is 2.34. The number of hydrogen-bond acceptors (Lipinski definition) is 3. The number of rotatable bonds is 4. The van der Waals surface area contributed by atoms with Gasteiger partial charge in [0.2, 0.25) is 5.91 Å². The maximum absolute atomic E-state index is 12.7. The number of halogens is 3. The topological polar surface area (TPSA) is 42.0 Å². The zero-order valence-electron chi connectivity index (χ0n) is 12.6. The number of alkyl halides is 3. The minimum atomic E-state index is -4.32. The molecule has 0 radical (unpaired) electrons. The summed E-state index contributed by atoms with van der Waals surface area (Å²) in [5.41, 5.74) is 1.74. The Balaban J connectivity index is 1.51. The summed E-state index contributed by atoms with van der Waals surface area (Å²) in [7, 11) is 0. The lowest BCUT2D eigenvalue weighted by Gasteiger charge is -2.36. The van der Waals surface area contributed by atoms with Crippen LogP contribution in [-0.2, 0) is 11.0 Å². The van der Waals surface area contributed by atoms with Gasteiger partial charge >= 0.3 is 6.18 Å². The van der Waals surface area contributed by atoms with Gasteiger partial charge in [0.1, 0.15) is 0 Å². The van der Waals surface area contributed by atoms with E-state index in [1.165, 1.54) is 29.5 Å². The minimum Gasteiger partial charge on any atom is -0.350 e. The second-order valence-corrected chi connectivity index (χ2v) is 6.65. The molecule has 1 aliphatic carbocycles. The number of carbonyl (C=O) groups is 1. The molecule has 0 spiro atoms. The molecular weight excluding hydrogens is 337 g/mol. The van der Waals surface area contributed by atoms with E-state index in [9.17, 15) is 18.0 Å². The first kappa shape index (κ1) is 16.7. The zero-order valence-corrected chi connectivity index (χ0v) is 13.4. The summed E-state index contributed by atoms with van der Waals surface area (Å²) in [4.78, 5) is 16.6. The molecular formula is C17H15F3N2OS. The lowest BCUT2D eigenvalue weighted by atomic mass is 9.75. The van der Waals surface area contributed by atoms with Gasteiger partial charge in [-0.25, -0.2) is 0 Å². The van der Waals surface area contributed by atoms with Crippen LogP contribution in [0.15, 0.2) is 42.0 Å². The second-order valence-electron chi connectivity index (χ2n) is 5.73. The number of amides is 1. The van der Waals surface area contributed by atoms with Crippen molar-refractivity contribution in [2.45, 2.75) is 31.0 Å². The van der Waals surface area contributed by atoms with Gasteiger partial charge in [-0.2, -0.15) is 13.2 Å². The number of nitrogens with one attached hydrogen (secondary N) is 1. The average Bonchev–Trinajstić information content (AvgIpc) is 3.01. The molecule has 1 aromatic carbocycles. The number of aromatic nitrogens is 1. The van der Waals surface area contributed by atoms with Gasteiger partial charge in [-0.05, 0) is 36.5 Å². The average molecular weight is 352 g/mol. The summed E-state index contributed by atoms with van der Waals surface area (Å²) < 4.78 is 38.2. The Labute approximate surface area is 141 Å². The highest BCUT2D eigenvalue weighted by atomic mass is 32.1. The van der Waals surface area contributed by atoms with Crippen molar-refractivity contribution >= 4 is 23.3 Å². The maximum Gasteiger partial charge on any atom is 0.416 e. The Bertz CT molecular complexity index is 735. The normalized spacial score (nSPS) is 20.8. The Kier molecular flexibility index (Phi) is 4.71. The largest absolute Gasteiger partial charge is 0.416 e. The fourth-order valence-electron chi connectivity index (χ4n) is 2.69. The first-order valence-corrected chi connectivity index (χ1v) is 8.34. The van der Waals surface area contributed by atoms with Crippen LogP contribution in [0.4, 0.5) is 13.2 Å². The minimum absolute atomic E-state index is 0.00292. The van der Waals surface area contributed by atoms with Crippen LogP contribution >= 0.6 is 11.3 Å². The monoisotopic (exact) mass is 352 g/mol. The molecule has 0 atom stereocenters. The van der Waals surface area contributed by atoms with Crippen LogP contribution < -0.4 is 5.32 Å². The van der Waals surface area contributed by atoms with Gasteiger partial charge in [0, 0.05) is 23.2 Å². The molecule has 0 bridgehead atoms. The van der Waals surface area contributed by atoms with Gasteiger partial charge in [0.15, 0.2) is 0 Å². The highest BCUT2D eigenvalue weighted by molar-refractivity contribution is 7.10. The number of benzene rings is 1. The number of hydrogen-bond donors (Lipinski definition) is 1. The van der Waals surface area contributed by atoms with Crippen LogP contribution in [-0.4, -0.2) is 16.9 Å². The SMILES string of the molecule is O=C(/C=C/c1cncs1)NC1CC(c2cccc(C(F)(F)F)c2)C1. The first-order valence-electron chi connectivity index (χ1n) is 7.46. The maximum atomic E-state index is 12.7. The lowest BCUT2D eigenvalue weighted by Crippen LogP contribution is -2.42. The molecule has 3 rings (SSSR count). The summed E-state index contributed by atoms with van der Waals surface area (Å²) in [5, 5.41) is 2.86. The molecule has 0 aliphatic heterocycles. The third-order valence-electron chi connectivity index (χ3n) is 4.02. The van der Waals surface area contributed by atoms with Crippen LogP contribution in [0.25, 0.3) is 6.08 Å². The van der Waals surface area contributed by atoms with E-state index in [0.29, 0.717) is 18.4 Å². The van der Waals surface area contributed by atoms with E-state index in [4.69, 9.17) is 0 Å². The van der Waals surface area contributed by atoms with Gasteiger partial charge in [0.25, 0.3) is 0 Å². The molecule has 1 aromatic heterocycles. The van der Waals surface area contributed by atoms with Crippen molar-refractivity contribution in [3.05, 3.63) is 58.1 Å². The van der Waals surface area contributed by atoms with Gasteiger partial charge in [-0.3, -0.25) is 9.78 Å². The van der Waals surface area contributed by atoms with Crippen molar-refractivity contribution in [3.8, 4) is 0 Å². The number of carbonyl (C=O) groups excluding carboxylic acids is 1. The first-order chi connectivity index (χ1) is 11.4. The van der Waals surface area contributed by atoms with E-state index in [1.807, 2.05) is 0 Å². The third-order valence-corrected chi connectivity index (χ3v) is 4.76. The molecule has 2 aromatic rings. The van der Waals surface area contributed by atoms with Crippen molar-refractivity contribution < 1.29 is 18.0 Å². The van der Waals surface area contributed by atoms with Gasteiger partial charge < -0.3 is 5.32 Å². The summed E-state index contributed by atoms with van der Waals surface area (Å²) in [6.45, 7) is 0. The third kappa shape index (κ3) is 4.03. The molecule has 1 amide bonds. The Morgan fingerprint density at radius 1 is 1.33 bits per heavy atom. The molecule has 1 saturated carbocycles. The predicted molar refractivity (Wildman–Crippen MR) is 86.5 cm³/mol. The molecule has 1 aliphatic rings. The van der Waals surface area contributed by atoms with Gasteiger partial charge in [-0.1, -0.05) is 18.2 Å². The molecule has 7 heteroatoms. The van der Waals surface area contributed by atoms with Crippen molar-refractivity contribution in [3.63, 3.8) is 0 Å². The van der Waals surface area contributed by atoms with Gasteiger partial charge in [0.05, 0.1) is 11.1 Å². The summed E-state index contributed by atoms with van der Waals surface area (Å²) in [6, 6.07) is 5.42. The fourth-order valence-corrected chi connectivity index (χ4v) is 3.20. The van der Waals surface area contributed by atoms with Crippen LogP contribution in [0.1, 0.15) is 34.8 Å². The van der Waals surface area contributed by atoms with E-state index in [1.54, 1.807) is 23.8 Å². The smallest absolute Gasteiger partial charge is 0.350 e. The van der Waals surface area contributed by atoms with Crippen LogP contribution in [0.5, 0.6) is 0 Å². The molecule has 24 heavy (non-hydrogen) atoms. The zero-order chi connectivity index (χ0) is 17.2. The summed E-state index contributed by atoms with van der Waals surface area (Å²) in [6.07, 6.45) is 1.79. The number of nitrogens with zero attached hydrogens (tertiary/aromatic N) is 1. The van der Waals surface area contributed by atoms with Crippen LogP contribution in [0, 0.1) is 0 Å². The molecule has 1 N–H and O–H groups in total. The molecule has 126 valence electrons. The van der Waals surface area contributed by atoms with Crippen molar-refractivity contribution in [1.82, 2.24) is 10.3 Å². The van der Waals surface area contributed by atoms with Crippen molar-refractivity contribution in [2.75, 3.05) is 0 Å². The summed E-state index contributed by atoms with van der Waals surface area (Å²) >= 11 is 1.43. The Morgan fingerprint density at radius 2 is 2.12 bits per heavy atom. The highest BCUT2D eigenvalue weighted by Crippen LogP contribution is 2.39. The van der Waals surface area contributed by atoms with Crippen molar-refractivity contribution in [2.24, 2.45) is 0 Å². The van der Waals surface area contributed by atoms with Crippen molar-refractivity contribution in [1.29, 1.82) is 0 Å². The molecule has 0 saturated heterocycles. The van der Waals surface area contributed by atoms with E-state index >= 15 is 0 Å². The fraction of sp³-hybridized carbons (Fsp3) is 0.294. The van der Waals surface area contributed by atoms with E-state index in [-0.39, 0.29) is 17.9 Å². The lowest BCUT2D eigenvalue weighted by molar-refractivity contribution is -0.137. The van der Waals surface area contributed by atoms with Crippen LogP contribution in [0.2, 0.25) is 0 Å². The molecule has 3 nitrogen and oxygen atoms in total. The second kappa shape index (κ2) is 6.76. The van der Waals surface area contributed by atoms with E-state index < -0.39 is 11.7 Å². The quantitative estimate of drug-likeness (QED) is 0.837. The Hall–Kier alpha value is -2.15. The number of thiazole rings is 1. The molecule has 0 unspecified atom stereocenters. The van der Waals surface area contributed by atoms with Gasteiger partial charge in [-0.15, -0.1) is 11.3 Å². The van der Waals surface area contributed by atoms with Crippen LogP contribution in [0.3, 0.4) is 0 Å². The standard InChI is InChI=1S/C17H15F3N2OS/c18-17(19,20)13-3-1-2-11(6-13)12-7-14(8-12)22-16(23)5-4-15-9-21-10-24-15/h1-6,9-10,12,14H,7-8H2,(H,22,23)/b5-4+.